The van der Waals surface area contributed by atoms with Crippen LogP contribution in [-0.2, 0) is 10.2 Å². The standard InChI is InChI=1S/C12H28N2O3S/c1-11(2)9-14(10-12(3)4)18(16,17)13(5)7-6-8-15/h11-12,15H,6-10H2,1-5H3. The Morgan fingerprint density at radius 3 is 1.83 bits per heavy atom. The molecule has 0 radical (unpaired) electrons. The highest BCUT2D eigenvalue weighted by atomic mass is 32.2. The van der Waals surface area contributed by atoms with Gasteiger partial charge in [-0.1, -0.05) is 27.7 Å². The van der Waals surface area contributed by atoms with Crippen molar-refractivity contribution in [3.05, 3.63) is 0 Å². The van der Waals surface area contributed by atoms with Crippen LogP contribution in [0.1, 0.15) is 34.1 Å². The van der Waals surface area contributed by atoms with Gasteiger partial charge in [-0.15, -0.1) is 0 Å². The van der Waals surface area contributed by atoms with E-state index >= 15 is 0 Å². The lowest BCUT2D eigenvalue weighted by molar-refractivity contribution is 0.265. The van der Waals surface area contributed by atoms with Crippen LogP contribution >= 0.6 is 0 Å². The van der Waals surface area contributed by atoms with E-state index in [1.807, 2.05) is 27.7 Å². The second kappa shape index (κ2) is 8.09. The summed E-state index contributed by atoms with van der Waals surface area (Å²) in [5, 5.41) is 8.78. The van der Waals surface area contributed by atoms with Gasteiger partial charge in [0.1, 0.15) is 0 Å². The Morgan fingerprint density at radius 2 is 1.50 bits per heavy atom. The van der Waals surface area contributed by atoms with Crippen LogP contribution in [0.5, 0.6) is 0 Å². The predicted octanol–water partition coefficient (Wildman–Crippen LogP) is 1.16. The van der Waals surface area contributed by atoms with Gasteiger partial charge in [0, 0.05) is 33.3 Å². The smallest absolute Gasteiger partial charge is 0.281 e. The minimum atomic E-state index is -3.41. The van der Waals surface area contributed by atoms with Crippen LogP contribution in [0.25, 0.3) is 0 Å². The lowest BCUT2D eigenvalue weighted by Gasteiger charge is -2.29. The van der Waals surface area contributed by atoms with E-state index < -0.39 is 10.2 Å². The maximum atomic E-state index is 12.4. The maximum absolute atomic E-state index is 12.4. The van der Waals surface area contributed by atoms with Gasteiger partial charge >= 0.3 is 0 Å². The first kappa shape index (κ1) is 17.8. The molecule has 1 N–H and O–H groups in total. The molecule has 0 amide bonds. The van der Waals surface area contributed by atoms with Crippen molar-refractivity contribution >= 4 is 10.2 Å². The number of hydrogen-bond donors (Lipinski definition) is 1. The van der Waals surface area contributed by atoms with Gasteiger partial charge in [-0.2, -0.15) is 17.0 Å². The minimum Gasteiger partial charge on any atom is -0.396 e. The summed E-state index contributed by atoms with van der Waals surface area (Å²) in [6, 6.07) is 0. The van der Waals surface area contributed by atoms with Crippen molar-refractivity contribution in [2.24, 2.45) is 11.8 Å². The summed E-state index contributed by atoms with van der Waals surface area (Å²) in [6.07, 6.45) is 0.465. The van der Waals surface area contributed by atoms with Gasteiger partial charge in [0.25, 0.3) is 10.2 Å². The van der Waals surface area contributed by atoms with Crippen LogP contribution in [0, 0.1) is 11.8 Å². The normalized spacial score (nSPS) is 13.2. The second-order valence-electron chi connectivity index (χ2n) is 5.51. The largest absolute Gasteiger partial charge is 0.396 e. The molecule has 5 nitrogen and oxygen atoms in total. The molecule has 0 aromatic carbocycles. The molecule has 0 aliphatic rings. The van der Waals surface area contributed by atoms with E-state index in [4.69, 9.17) is 5.11 Å². The first-order valence-electron chi connectivity index (χ1n) is 6.54. The van der Waals surface area contributed by atoms with Crippen LogP contribution in [0.15, 0.2) is 0 Å². The van der Waals surface area contributed by atoms with Gasteiger partial charge in [0.15, 0.2) is 0 Å². The molecule has 0 aromatic heterocycles. The average molecular weight is 280 g/mol. The van der Waals surface area contributed by atoms with Gasteiger partial charge in [-0.25, -0.2) is 0 Å². The van der Waals surface area contributed by atoms with Gasteiger partial charge in [-0.05, 0) is 18.3 Å². The molecule has 0 aromatic rings. The molecule has 6 heteroatoms. The third-order valence-corrected chi connectivity index (χ3v) is 4.41. The van der Waals surface area contributed by atoms with Crippen molar-refractivity contribution in [2.45, 2.75) is 34.1 Å². The van der Waals surface area contributed by atoms with Crippen LogP contribution in [-0.4, -0.2) is 55.4 Å². The van der Waals surface area contributed by atoms with Crippen molar-refractivity contribution in [1.82, 2.24) is 8.61 Å². The Labute approximate surface area is 112 Å². The topological polar surface area (TPSA) is 60.9 Å². The first-order chi connectivity index (χ1) is 8.21. The summed E-state index contributed by atoms with van der Waals surface area (Å²) in [5.41, 5.74) is 0. The second-order valence-corrected chi connectivity index (χ2v) is 7.55. The van der Waals surface area contributed by atoms with E-state index in [1.54, 1.807) is 11.4 Å². The Kier molecular flexibility index (Phi) is 8.02. The summed E-state index contributed by atoms with van der Waals surface area (Å²) in [7, 11) is -1.84. The van der Waals surface area contributed by atoms with Crippen molar-refractivity contribution in [3.8, 4) is 0 Å². The summed E-state index contributed by atoms with van der Waals surface area (Å²) >= 11 is 0. The molecule has 0 heterocycles. The molecule has 0 rings (SSSR count). The fourth-order valence-electron chi connectivity index (χ4n) is 1.68. The number of aliphatic hydroxyl groups is 1. The van der Waals surface area contributed by atoms with E-state index in [-0.39, 0.29) is 6.61 Å². The molecule has 0 fully saturated rings. The monoisotopic (exact) mass is 280 g/mol. The highest BCUT2D eigenvalue weighted by Gasteiger charge is 2.27. The minimum absolute atomic E-state index is 0.00816. The molecule has 18 heavy (non-hydrogen) atoms. The third-order valence-electron chi connectivity index (χ3n) is 2.49. The molecule has 0 bridgehead atoms. The molecule has 0 aliphatic heterocycles. The SMILES string of the molecule is CC(C)CN(CC(C)C)S(=O)(=O)N(C)CCCO. The first-order valence-corrected chi connectivity index (χ1v) is 7.93. The molecule has 0 unspecified atom stereocenters. The summed E-state index contributed by atoms with van der Waals surface area (Å²) < 4.78 is 27.6. The van der Waals surface area contributed by atoms with Crippen LogP contribution in [0.2, 0.25) is 0 Å². The Bertz CT molecular complexity index is 305. The Hall–Kier alpha value is -0.170. The van der Waals surface area contributed by atoms with E-state index in [1.165, 1.54) is 4.31 Å². The van der Waals surface area contributed by atoms with Crippen molar-refractivity contribution in [1.29, 1.82) is 0 Å². The van der Waals surface area contributed by atoms with Gasteiger partial charge in [0.05, 0.1) is 0 Å². The molecule has 0 atom stereocenters. The summed E-state index contributed by atoms with van der Waals surface area (Å²) in [4.78, 5) is 0. The fourth-order valence-corrected chi connectivity index (χ4v) is 3.41. The lowest BCUT2D eigenvalue weighted by atomic mass is 10.2. The quantitative estimate of drug-likeness (QED) is 0.689. The van der Waals surface area contributed by atoms with Crippen LogP contribution in [0.4, 0.5) is 0 Å². The van der Waals surface area contributed by atoms with Gasteiger partial charge in [0.2, 0.25) is 0 Å². The van der Waals surface area contributed by atoms with Gasteiger partial charge < -0.3 is 5.11 Å². The highest BCUT2D eigenvalue weighted by molar-refractivity contribution is 7.86. The number of aliphatic hydroxyl groups excluding tert-OH is 1. The number of rotatable bonds is 9. The van der Waals surface area contributed by atoms with E-state index in [9.17, 15) is 8.42 Å². The molecule has 110 valence electrons. The number of hydrogen-bond acceptors (Lipinski definition) is 3. The summed E-state index contributed by atoms with van der Waals surface area (Å²) in [6.45, 7) is 9.47. The maximum Gasteiger partial charge on any atom is 0.281 e. The molecular weight excluding hydrogens is 252 g/mol. The third kappa shape index (κ3) is 6.13. The van der Waals surface area contributed by atoms with E-state index in [0.29, 0.717) is 37.9 Å². The van der Waals surface area contributed by atoms with Crippen molar-refractivity contribution < 1.29 is 13.5 Å². The zero-order chi connectivity index (χ0) is 14.3. The predicted molar refractivity (Wildman–Crippen MR) is 74.5 cm³/mol. The van der Waals surface area contributed by atoms with E-state index in [0.717, 1.165) is 0 Å². The Morgan fingerprint density at radius 1 is 1.06 bits per heavy atom. The highest BCUT2D eigenvalue weighted by Crippen LogP contribution is 2.12. The molecule has 0 spiro atoms. The molecule has 0 aliphatic carbocycles. The van der Waals surface area contributed by atoms with Crippen molar-refractivity contribution in [2.75, 3.05) is 33.3 Å². The average Bonchev–Trinajstić information content (AvgIpc) is 2.23. The lowest BCUT2D eigenvalue weighted by Crippen LogP contribution is -2.45. The Balaban J connectivity index is 4.83. The van der Waals surface area contributed by atoms with Crippen LogP contribution < -0.4 is 0 Å². The zero-order valence-corrected chi connectivity index (χ0v) is 13.1. The number of nitrogens with zero attached hydrogens (tertiary/aromatic N) is 2. The zero-order valence-electron chi connectivity index (χ0n) is 12.3. The summed E-state index contributed by atoms with van der Waals surface area (Å²) in [5.74, 6) is 0.592. The molecular formula is C12H28N2O3S. The van der Waals surface area contributed by atoms with Gasteiger partial charge in [-0.3, -0.25) is 0 Å². The molecule has 0 saturated carbocycles. The fraction of sp³-hybridized carbons (Fsp3) is 1.00. The van der Waals surface area contributed by atoms with Crippen molar-refractivity contribution in [3.63, 3.8) is 0 Å². The van der Waals surface area contributed by atoms with Crippen LogP contribution in [0.3, 0.4) is 0 Å². The van der Waals surface area contributed by atoms with E-state index in [2.05, 4.69) is 0 Å². The molecule has 0 saturated heterocycles.